The van der Waals surface area contributed by atoms with E-state index in [1.165, 1.54) is 55.6 Å². The number of halogens is 3. The molecule has 0 spiro atoms. The summed E-state index contributed by atoms with van der Waals surface area (Å²) in [7, 11) is 1.08. The number of allylic oxidation sites excluding steroid dienone is 1. The predicted molar refractivity (Wildman–Crippen MR) is 148 cm³/mol. The molecule has 0 saturated heterocycles. The maximum atomic E-state index is 6.31. The summed E-state index contributed by atoms with van der Waals surface area (Å²) in [4.78, 5) is 0. The molecule has 0 bridgehead atoms. The molecule has 37 heavy (non-hydrogen) atoms. The molecule has 0 saturated carbocycles. The average molecular weight is 638 g/mol. The molecule has 0 N–H and O–H groups in total. The van der Waals surface area contributed by atoms with Crippen molar-refractivity contribution in [3.8, 4) is 22.3 Å². The van der Waals surface area contributed by atoms with Gasteiger partial charge >= 0.3 is 26.2 Å². The minimum absolute atomic E-state index is 0. The first kappa shape index (κ1) is 31.8. The molecule has 1 unspecified atom stereocenters. The summed E-state index contributed by atoms with van der Waals surface area (Å²) in [6.07, 6.45) is 4.43. The second-order valence-electron chi connectivity index (χ2n) is 8.94. The fourth-order valence-corrected chi connectivity index (χ4v) is 5.59. The summed E-state index contributed by atoms with van der Waals surface area (Å²) in [5.74, 6) is 0.267. The maximum absolute atomic E-state index is 6.31. The van der Waals surface area contributed by atoms with E-state index in [4.69, 9.17) is 11.6 Å². The fraction of sp³-hybridized carbons (Fsp3) is 0.188. The van der Waals surface area contributed by atoms with Crippen LogP contribution < -0.4 is 24.8 Å². The van der Waals surface area contributed by atoms with E-state index in [0.717, 1.165) is 27.4 Å². The zero-order valence-electron chi connectivity index (χ0n) is 21.2. The van der Waals surface area contributed by atoms with Gasteiger partial charge in [0.2, 0.25) is 0 Å². The van der Waals surface area contributed by atoms with E-state index in [2.05, 4.69) is 98.9 Å². The molecular formula is C32H28Cl3SiZr. The van der Waals surface area contributed by atoms with Crippen molar-refractivity contribution in [3.05, 3.63) is 123 Å². The van der Waals surface area contributed by atoms with Gasteiger partial charge in [0.15, 0.2) is 0 Å². The molecule has 0 fully saturated rings. The Morgan fingerprint density at radius 3 is 2.32 bits per heavy atom. The van der Waals surface area contributed by atoms with Crippen LogP contribution in [0.2, 0.25) is 18.1 Å². The molecule has 3 radical (unpaired) electrons. The summed E-state index contributed by atoms with van der Waals surface area (Å²) < 4.78 is 0. The molecule has 4 aromatic carbocycles. The van der Waals surface area contributed by atoms with Crippen molar-refractivity contribution in [1.82, 2.24) is 0 Å². The van der Waals surface area contributed by atoms with Gasteiger partial charge in [-0.05, 0) is 58.4 Å². The van der Waals surface area contributed by atoms with Crippen LogP contribution in [0.1, 0.15) is 47.1 Å². The van der Waals surface area contributed by atoms with Gasteiger partial charge in [0.1, 0.15) is 0 Å². The minimum Gasteiger partial charge on any atom is -1.00 e. The molecule has 0 heterocycles. The molecule has 2 aliphatic carbocycles. The SMILES string of the molecule is CCC1=Cc2c(-c3cccc(Cl)c3)cccc2C1c1[c-]ccc2c1Cc1ccccc1-2.C[Si]C.[Cl-].[Cl-].[Zr+3]. The van der Waals surface area contributed by atoms with Crippen LogP contribution in [-0.2, 0) is 32.6 Å². The Hall–Kier alpha value is -1.41. The molecular weight excluding hydrogens is 610 g/mol. The van der Waals surface area contributed by atoms with E-state index in [-0.39, 0.29) is 56.9 Å². The molecule has 0 aromatic heterocycles. The maximum Gasteiger partial charge on any atom is 3.00 e. The number of fused-ring (bicyclic) bond motifs is 4. The van der Waals surface area contributed by atoms with Gasteiger partial charge in [0.25, 0.3) is 0 Å². The third kappa shape index (κ3) is 6.10. The molecule has 5 heteroatoms. The average Bonchev–Trinajstić information content (AvgIpc) is 3.42. The number of hydrogen-bond donors (Lipinski definition) is 0. The van der Waals surface area contributed by atoms with Gasteiger partial charge in [-0.25, -0.2) is 0 Å². The molecule has 185 valence electrons. The quantitative estimate of drug-likeness (QED) is 0.211. The molecule has 0 amide bonds. The van der Waals surface area contributed by atoms with Crippen LogP contribution in [0.5, 0.6) is 0 Å². The Morgan fingerprint density at radius 1 is 0.892 bits per heavy atom. The van der Waals surface area contributed by atoms with Crippen molar-refractivity contribution in [1.29, 1.82) is 0 Å². The van der Waals surface area contributed by atoms with E-state index in [1.807, 2.05) is 12.1 Å². The van der Waals surface area contributed by atoms with E-state index in [1.54, 1.807) is 0 Å². The predicted octanol–water partition coefficient (Wildman–Crippen LogP) is 3.11. The zero-order valence-corrected chi connectivity index (χ0v) is 26.9. The van der Waals surface area contributed by atoms with E-state index in [9.17, 15) is 0 Å². The van der Waals surface area contributed by atoms with Gasteiger partial charge in [0.05, 0.1) is 0 Å². The molecule has 0 aliphatic heterocycles. The van der Waals surface area contributed by atoms with Crippen molar-refractivity contribution < 1.29 is 51.0 Å². The van der Waals surface area contributed by atoms with Gasteiger partial charge in [-0.3, -0.25) is 0 Å². The second-order valence-corrected chi connectivity index (χ2v) is 10.4. The summed E-state index contributed by atoms with van der Waals surface area (Å²) in [5.41, 5.74) is 13.5. The van der Waals surface area contributed by atoms with Crippen LogP contribution >= 0.6 is 11.6 Å². The first-order valence-corrected chi connectivity index (χ1v) is 14.3. The Balaban J connectivity index is 0.000000767. The molecule has 6 rings (SSSR count). The third-order valence-electron chi connectivity index (χ3n) is 6.80. The van der Waals surface area contributed by atoms with Crippen LogP contribution in [0.4, 0.5) is 0 Å². The second kappa shape index (κ2) is 14.1. The van der Waals surface area contributed by atoms with Crippen molar-refractivity contribution in [2.24, 2.45) is 0 Å². The Bertz CT molecular complexity index is 1400. The Kier molecular flexibility index (Phi) is 12.1. The Labute approximate surface area is 260 Å². The summed E-state index contributed by atoms with van der Waals surface area (Å²) in [6.45, 7) is 6.57. The molecule has 0 nitrogen and oxygen atoms in total. The first-order chi connectivity index (χ1) is 16.7. The number of hydrogen-bond acceptors (Lipinski definition) is 0. The van der Waals surface area contributed by atoms with Crippen LogP contribution in [0, 0.1) is 6.07 Å². The van der Waals surface area contributed by atoms with Gasteiger partial charge < -0.3 is 24.8 Å². The number of rotatable bonds is 3. The van der Waals surface area contributed by atoms with Crippen molar-refractivity contribution >= 4 is 27.2 Å². The van der Waals surface area contributed by atoms with Crippen LogP contribution in [0.15, 0.2) is 84.4 Å². The first-order valence-electron chi connectivity index (χ1n) is 12.0. The molecule has 1 atom stereocenters. The van der Waals surface area contributed by atoms with Crippen LogP contribution in [0.3, 0.4) is 0 Å². The molecule has 4 aromatic rings. The summed E-state index contributed by atoms with van der Waals surface area (Å²) in [6, 6.07) is 31.7. The van der Waals surface area contributed by atoms with Crippen molar-refractivity contribution in [3.63, 3.8) is 0 Å². The third-order valence-corrected chi connectivity index (χ3v) is 7.03. The van der Waals surface area contributed by atoms with Crippen molar-refractivity contribution in [2.45, 2.75) is 38.8 Å². The number of benzene rings is 4. The minimum atomic E-state index is 0. The summed E-state index contributed by atoms with van der Waals surface area (Å²) in [5, 5.41) is 0.774. The normalized spacial score (nSPS) is 13.8. The molecule has 2 aliphatic rings. The van der Waals surface area contributed by atoms with E-state index >= 15 is 0 Å². The van der Waals surface area contributed by atoms with Gasteiger partial charge in [-0.15, -0.1) is 16.7 Å². The van der Waals surface area contributed by atoms with Crippen LogP contribution in [0.25, 0.3) is 28.3 Å². The standard InChI is InChI=1S/C30H22Cl.C2H6Si.2ClH.Zr/c1-2-19-17-28-24(20-9-5-10-22(31)16-20)12-6-14-26(28)30(19)27-15-7-13-25-23-11-4-3-8-21(23)18-29(25)27;1-3-2;;;/h3-14,16-17,30H,2,18H2,1H3;1-2H3;2*1H;/q-1;;;;+3/p-2. The van der Waals surface area contributed by atoms with Crippen molar-refractivity contribution in [2.75, 3.05) is 0 Å². The topological polar surface area (TPSA) is 0 Å². The van der Waals surface area contributed by atoms with Gasteiger partial charge in [-0.1, -0.05) is 97.9 Å². The van der Waals surface area contributed by atoms with Gasteiger partial charge in [0, 0.05) is 20.5 Å². The fourth-order valence-electron chi connectivity index (χ4n) is 5.39. The van der Waals surface area contributed by atoms with E-state index < -0.39 is 0 Å². The Morgan fingerprint density at radius 2 is 1.59 bits per heavy atom. The largest absolute Gasteiger partial charge is 3.00 e. The van der Waals surface area contributed by atoms with Gasteiger partial charge in [-0.2, -0.15) is 18.2 Å². The van der Waals surface area contributed by atoms with E-state index in [0.29, 0.717) is 0 Å². The van der Waals surface area contributed by atoms with Crippen LogP contribution in [-0.4, -0.2) is 9.52 Å². The smallest absolute Gasteiger partial charge is 1.00 e. The summed E-state index contributed by atoms with van der Waals surface area (Å²) >= 11 is 6.31. The zero-order chi connectivity index (χ0) is 23.7. The monoisotopic (exact) mass is 635 g/mol.